The molecule has 0 unspecified atom stereocenters. The van der Waals surface area contributed by atoms with E-state index in [9.17, 15) is 19.5 Å². The van der Waals surface area contributed by atoms with Crippen LogP contribution in [-0.4, -0.2) is 48.0 Å². The number of aliphatic carboxylic acids is 1. The van der Waals surface area contributed by atoms with Crippen molar-refractivity contribution in [3.05, 3.63) is 89.5 Å². The molecular formula is C27H28N4O6. The summed E-state index contributed by atoms with van der Waals surface area (Å²) in [5.41, 5.74) is 8.03. The highest BCUT2D eigenvalue weighted by Crippen LogP contribution is 2.16. The number of anilines is 1. The van der Waals surface area contributed by atoms with Crippen molar-refractivity contribution in [2.75, 3.05) is 18.5 Å². The molecule has 0 saturated heterocycles. The molecule has 10 heteroatoms. The van der Waals surface area contributed by atoms with Gasteiger partial charge in [0, 0.05) is 17.7 Å². The van der Waals surface area contributed by atoms with Gasteiger partial charge in [-0.3, -0.25) is 15.0 Å². The minimum Gasteiger partial charge on any atom is -0.484 e. The van der Waals surface area contributed by atoms with E-state index in [1.54, 1.807) is 60.7 Å². The van der Waals surface area contributed by atoms with Gasteiger partial charge in [-0.2, -0.15) is 0 Å². The maximum atomic E-state index is 12.2. The van der Waals surface area contributed by atoms with Gasteiger partial charge in [0.25, 0.3) is 11.8 Å². The Morgan fingerprint density at radius 2 is 1.57 bits per heavy atom. The predicted octanol–water partition coefficient (Wildman–Crippen LogP) is 2.49. The van der Waals surface area contributed by atoms with Crippen LogP contribution in [0.4, 0.5) is 5.69 Å². The number of aryl methyl sites for hydroxylation is 1. The van der Waals surface area contributed by atoms with Crippen LogP contribution in [-0.2, 0) is 20.8 Å². The van der Waals surface area contributed by atoms with Crippen LogP contribution in [0.25, 0.3) is 0 Å². The van der Waals surface area contributed by atoms with E-state index in [-0.39, 0.29) is 31.4 Å². The molecule has 0 saturated carbocycles. The molecule has 1 atom stereocenters. The molecule has 3 aromatic carbocycles. The first-order chi connectivity index (χ1) is 17.7. The summed E-state index contributed by atoms with van der Waals surface area (Å²) < 4.78 is 11.0. The van der Waals surface area contributed by atoms with Crippen molar-refractivity contribution in [1.82, 2.24) is 5.32 Å². The number of nitrogens with two attached hydrogens (primary N) is 1. The maximum Gasteiger partial charge on any atom is 0.326 e. The molecular weight excluding hydrogens is 476 g/mol. The number of nitrogens with one attached hydrogen (secondary N) is 3. The SMILES string of the molecule is Cc1ccccc1OCC(=O)N[C@@H](Cc1ccc(OCC(=O)Nc2ccc(C(=N)N)cc2)cc1)C(=O)O. The third-order valence-electron chi connectivity index (χ3n) is 5.30. The van der Waals surface area contributed by atoms with E-state index in [1.807, 2.05) is 19.1 Å². The van der Waals surface area contributed by atoms with E-state index in [2.05, 4.69) is 10.6 Å². The molecule has 0 radical (unpaired) electrons. The Kier molecular flexibility index (Phi) is 9.20. The van der Waals surface area contributed by atoms with E-state index in [0.29, 0.717) is 28.3 Å². The standard InChI is InChI=1S/C27H28N4O6/c1-17-4-2-3-5-23(17)37-16-25(33)31-22(27(34)35)14-18-6-12-21(13-7-18)36-15-24(32)30-20-10-8-19(9-11-20)26(28)29/h2-13,22H,14-16H2,1H3,(H3,28,29)(H,30,32)(H,31,33)(H,34,35)/t22-/m0/s1. The van der Waals surface area contributed by atoms with Crippen LogP contribution in [0.3, 0.4) is 0 Å². The quantitative estimate of drug-likeness (QED) is 0.187. The average Bonchev–Trinajstić information content (AvgIpc) is 2.87. The Morgan fingerprint density at radius 1 is 0.919 bits per heavy atom. The van der Waals surface area contributed by atoms with Crippen LogP contribution in [0.15, 0.2) is 72.8 Å². The largest absolute Gasteiger partial charge is 0.484 e. The van der Waals surface area contributed by atoms with E-state index < -0.39 is 17.9 Å². The number of carboxylic acids is 1. The molecule has 3 aromatic rings. The van der Waals surface area contributed by atoms with Crippen LogP contribution in [0, 0.1) is 12.3 Å². The highest BCUT2D eigenvalue weighted by atomic mass is 16.5. The normalized spacial score (nSPS) is 11.2. The van der Waals surface area contributed by atoms with Crippen molar-refractivity contribution in [3.63, 3.8) is 0 Å². The van der Waals surface area contributed by atoms with Gasteiger partial charge in [0.05, 0.1) is 0 Å². The summed E-state index contributed by atoms with van der Waals surface area (Å²) >= 11 is 0. The van der Waals surface area contributed by atoms with Crippen LogP contribution in [0.2, 0.25) is 0 Å². The highest BCUT2D eigenvalue weighted by Gasteiger charge is 2.21. The molecule has 10 nitrogen and oxygen atoms in total. The molecule has 37 heavy (non-hydrogen) atoms. The number of amides is 2. The summed E-state index contributed by atoms with van der Waals surface area (Å²) in [4.78, 5) is 36.1. The Balaban J connectivity index is 1.47. The van der Waals surface area contributed by atoms with E-state index in [4.69, 9.17) is 20.6 Å². The molecule has 0 aliphatic rings. The van der Waals surface area contributed by atoms with Crippen molar-refractivity contribution in [1.29, 1.82) is 5.41 Å². The zero-order valence-corrected chi connectivity index (χ0v) is 20.2. The van der Waals surface area contributed by atoms with Crippen LogP contribution in [0.5, 0.6) is 11.5 Å². The Hall–Kier alpha value is -4.86. The minimum atomic E-state index is -1.17. The smallest absolute Gasteiger partial charge is 0.326 e. The number of amidine groups is 1. The number of carbonyl (C=O) groups excluding carboxylic acids is 2. The zero-order valence-electron chi connectivity index (χ0n) is 20.2. The summed E-state index contributed by atoms with van der Waals surface area (Å²) in [6.45, 7) is 1.31. The summed E-state index contributed by atoms with van der Waals surface area (Å²) in [5.74, 6) is -1.17. The number of carboxylic acid groups (broad SMARTS) is 1. The van der Waals surface area contributed by atoms with Gasteiger partial charge >= 0.3 is 5.97 Å². The minimum absolute atomic E-state index is 0.0580. The molecule has 0 aliphatic carbocycles. The highest BCUT2D eigenvalue weighted by molar-refractivity contribution is 5.96. The average molecular weight is 505 g/mol. The van der Waals surface area contributed by atoms with Gasteiger partial charge in [-0.05, 0) is 60.5 Å². The number of ether oxygens (including phenoxy) is 2. The molecule has 2 amide bonds. The molecule has 6 N–H and O–H groups in total. The number of para-hydroxylation sites is 1. The van der Waals surface area contributed by atoms with E-state index in [0.717, 1.165) is 5.56 Å². The molecule has 0 aliphatic heterocycles. The number of nitrogen functional groups attached to an aromatic ring is 1. The van der Waals surface area contributed by atoms with Gasteiger partial charge in [0.1, 0.15) is 23.4 Å². The van der Waals surface area contributed by atoms with Crippen molar-refractivity contribution in [2.45, 2.75) is 19.4 Å². The summed E-state index contributed by atoms with van der Waals surface area (Å²) in [7, 11) is 0. The lowest BCUT2D eigenvalue weighted by Crippen LogP contribution is -2.44. The van der Waals surface area contributed by atoms with Crippen molar-refractivity contribution < 1.29 is 29.0 Å². The van der Waals surface area contributed by atoms with Crippen molar-refractivity contribution in [3.8, 4) is 11.5 Å². The number of hydrogen-bond acceptors (Lipinski definition) is 6. The second-order valence-electron chi connectivity index (χ2n) is 8.19. The number of benzene rings is 3. The maximum absolute atomic E-state index is 12.2. The van der Waals surface area contributed by atoms with E-state index >= 15 is 0 Å². The van der Waals surface area contributed by atoms with Gasteiger partial charge < -0.3 is 30.9 Å². The molecule has 192 valence electrons. The monoisotopic (exact) mass is 504 g/mol. The Bertz CT molecular complexity index is 1260. The molecule has 3 rings (SSSR count). The molecule has 0 spiro atoms. The molecule has 0 heterocycles. The van der Waals surface area contributed by atoms with Gasteiger partial charge in [-0.1, -0.05) is 30.3 Å². The number of rotatable bonds is 12. The fraction of sp³-hybridized carbons (Fsp3) is 0.185. The van der Waals surface area contributed by atoms with E-state index in [1.165, 1.54) is 0 Å². The summed E-state index contributed by atoms with van der Waals surface area (Å²) in [6.07, 6.45) is 0.0580. The Labute approximate surface area is 213 Å². The van der Waals surface area contributed by atoms with Crippen molar-refractivity contribution >= 4 is 29.3 Å². The molecule has 0 bridgehead atoms. The van der Waals surface area contributed by atoms with Gasteiger partial charge in [-0.15, -0.1) is 0 Å². The third kappa shape index (κ3) is 8.39. The first-order valence-corrected chi connectivity index (χ1v) is 11.4. The van der Waals surface area contributed by atoms with Crippen LogP contribution < -0.4 is 25.8 Å². The number of carbonyl (C=O) groups is 3. The molecule has 0 fully saturated rings. The third-order valence-corrected chi connectivity index (χ3v) is 5.30. The first-order valence-electron chi connectivity index (χ1n) is 11.4. The lowest BCUT2D eigenvalue weighted by molar-refractivity contribution is -0.142. The first kappa shape index (κ1) is 26.7. The predicted molar refractivity (Wildman–Crippen MR) is 138 cm³/mol. The van der Waals surface area contributed by atoms with Crippen LogP contribution >= 0.6 is 0 Å². The topological polar surface area (TPSA) is 164 Å². The summed E-state index contributed by atoms with van der Waals surface area (Å²) in [5, 5.41) is 22.1. The number of hydrogen-bond donors (Lipinski definition) is 5. The lowest BCUT2D eigenvalue weighted by Gasteiger charge is -2.16. The molecule has 0 aromatic heterocycles. The van der Waals surface area contributed by atoms with Crippen molar-refractivity contribution in [2.24, 2.45) is 5.73 Å². The summed E-state index contributed by atoms with van der Waals surface area (Å²) in [6, 6.07) is 19.2. The van der Waals surface area contributed by atoms with Gasteiger partial charge in [0.2, 0.25) is 0 Å². The zero-order chi connectivity index (χ0) is 26.8. The Morgan fingerprint density at radius 3 is 2.19 bits per heavy atom. The van der Waals surface area contributed by atoms with Gasteiger partial charge in [0.15, 0.2) is 13.2 Å². The lowest BCUT2D eigenvalue weighted by atomic mass is 10.1. The fourth-order valence-electron chi connectivity index (χ4n) is 3.33. The second kappa shape index (κ2) is 12.7. The van der Waals surface area contributed by atoms with Crippen LogP contribution in [0.1, 0.15) is 16.7 Å². The fourth-order valence-corrected chi connectivity index (χ4v) is 3.33. The second-order valence-corrected chi connectivity index (χ2v) is 8.19. The van der Waals surface area contributed by atoms with Gasteiger partial charge in [-0.25, -0.2) is 4.79 Å².